The average molecular weight is 273 g/mol. The fraction of sp³-hybridized carbons (Fsp3) is 0.667. The normalized spacial score (nSPS) is 20.6. The van der Waals surface area contributed by atoms with Crippen molar-refractivity contribution < 1.29 is 4.79 Å². The number of aromatic nitrogens is 1. The van der Waals surface area contributed by atoms with Gasteiger partial charge >= 0.3 is 0 Å². The number of piperidine rings is 1. The van der Waals surface area contributed by atoms with Crippen molar-refractivity contribution in [1.82, 2.24) is 9.88 Å². The van der Waals surface area contributed by atoms with Crippen LogP contribution in [0.4, 0.5) is 0 Å². The molecule has 5 heteroatoms. The van der Waals surface area contributed by atoms with Gasteiger partial charge in [-0.05, 0) is 32.6 Å². The van der Waals surface area contributed by atoms with E-state index in [9.17, 15) is 4.79 Å². The number of amides is 1. The highest BCUT2D eigenvalue weighted by molar-refractivity contribution is 7.11. The number of hydrogen-bond donors (Lipinski definition) is 0. The summed E-state index contributed by atoms with van der Waals surface area (Å²) in [5.41, 5.74) is 2.58. The molecule has 1 unspecified atom stereocenters. The van der Waals surface area contributed by atoms with E-state index in [1.165, 1.54) is 17.8 Å². The van der Waals surface area contributed by atoms with Crippen LogP contribution in [0.5, 0.6) is 0 Å². The first-order valence-corrected chi connectivity index (χ1v) is 7.42. The molecule has 0 radical (unpaired) electrons. The minimum Gasteiger partial charge on any atom is -0.335 e. The van der Waals surface area contributed by atoms with Gasteiger partial charge in [-0.2, -0.15) is 0 Å². The number of nitrogens with zero attached hydrogens (tertiary/aromatic N) is 2. The summed E-state index contributed by atoms with van der Waals surface area (Å²) in [5.74, 6) is 0.760. The smallest absolute Gasteiger partial charge is 0.266 e. The summed E-state index contributed by atoms with van der Waals surface area (Å²) in [6.07, 6.45) is 4.27. The van der Waals surface area contributed by atoms with Crippen LogP contribution in [0.2, 0.25) is 0 Å². The Morgan fingerprint density at radius 3 is 3.12 bits per heavy atom. The third-order valence-electron chi connectivity index (χ3n) is 3.27. The van der Waals surface area contributed by atoms with E-state index in [1.54, 1.807) is 5.51 Å². The van der Waals surface area contributed by atoms with Crippen molar-refractivity contribution in [3.63, 3.8) is 0 Å². The maximum absolute atomic E-state index is 12.4. The highest BCUT2D eigenvalue weighted by Crippen LogP contribution is 2.24. The molecule has 0 spiro atoms. The molecule has 94 valence electrons. The Kier molecular flexibility index (Phi) is 4.40. The van der Waals surface area contributed by atoms with Crippen molar-refractivity contribution in [2.24, 2.45) is 0 Å². The number of thiazole rings is 1. The first-order chi connectivity index (χ1) is 8.24. The van der Waals surface area contributed by atoms with Crippen molar-refractivity contribution in [2.75, 3.05) is 12.4 Å². The van der Waals surface area contributed by atoms with Crippen molar-refractivity contribution in [1.29, 1.82) is 0 Å². The highest BCUT2D eigenvalue weighted by atomic mass is 35.5. The first kappa shape index (κ1) is 12.8. The molecule has 1 fully saturated rings. The van der Waals surface area contributed by atoms with Gasteiger partial charge in [0.05, 0.1) is 11.2 Å². The predicted octanol–water partition coefficient (Wildman–Crippen LogP) is 3.08. The van der Waals surface area contributed by atoms with Crippen LogP contribution in [0.3, 0.4) is 0 Å². The summed E-state index contributed by atoms with van der Waals surface area (Å²) in [4.78, 5) is 19.3. The van der Waals surface area contributed by atoms with E-state index in [1.807, 2.05) is 11.8 Å². The van der Waals surface area contributed by atoms with E-state index >= 15 is 0 Å². The van der Waals surface area contributed by atoms with Gasteiger partial charge in [0.15, 0.2) is 0 Å². The molecule has 2 heterocycles. The zero-order chi connectivity index (χ0) is 12.3. The van der Waals surface area contributed by atoms with Gasteiger partial charge in [-0.15, -0.1) is 22.9 Å². The van der Waals surface area contributed by atoms with Crippen LogP contribution >= 0.6 is 22.9 Å². The lowest BCUT2D eigenvalue weighted by Crippen LogP contribution is -2.43. The molecular formula is C12H17ClN2OS. The van der Waals surface area contributed by atoms with Crippen LogP contribution in [0.25, 0.3) is 0 Å². The Hall–Kier alpha value is -0.610. The van der Waals surface area contributed by atoms with Crippen LogP contribution in [-0.2, 0) is 0 Å². The number of rotatable bonds is 3. The van der Waals surface area contributed by atoms with Gasteiger partial charge in [0.1, 0.15) is 4.88 Å². The third-order valence-corrected chi connectivity index (χ3v) is 4.40. The molecule has 0 bridgehead atoms. The summed E-state index contributed by atoms with van der Waals surface area (Å²) in [6.45, 7) is 2.75. The minimum absolute atomic E-state index is 0.139. The third kappa shape index (κ3) is 2.80. The van der Waals surface area contributed by atoms with E-state index in [0.29, 0.717) is 11.9 Å². The summed E-state index contributed by atoms with van der Waals surface area (Å²) < 4.78 is 0. The van der Waals surface area contributed by atoms with E-state index in [4.69, 9.17) is 11.6 Å². The number of hydrogen-bond acceptors (Lipinski definition) is 3. The standard InChI is InChI=1S/C12H17ClN2OS/c1-9-11(17-8-14-9)12(16)15-7-3-2-4-10(15)5-6-13/h8,10H,2-7H2,1H3. The van der Waals surface area contributed by atoms with Crippen LogP contribution in [-0.4, -0.2) is 34.3 Å². The monoisotopic (exact) mass is 272 g/mol. The number of alkyl halides is 1. The number of aryl methyl sites for hydroxylation is 1. The average Bonchev–Trinajstić information content (AvgIpc) is 2.76. The SMILES string of the molecule is Cc1ncsc1C(=O)N1CCCCC1CCCl. The molecule has 1 aliphatic rings. The molecule has 2 rings (SSSR count). The lowest BCUT2D eigenvalue weighted by molar-refractivity contribution is 0.0613. The second-order valence-electron chi connectivity index (χ2n) is 4.39. The number of likely N-dealkylation sites (tertiary alicyclic amines) is 1. The molecule has 0 aliphatic carbocycles. The molecule has 1 amide bonds. The molecule has 1 aromatic rings. The molecule has 17 heavy (non-hydrogen) atoms. The number of carbonyl (C=O) groups excluding carboxylic acids is 1. The quantitative estimate of drug-likeness (QED) is 0.793. The van der Waals surface area contributed by atoms with Crippen molar-refractivity contribution in [2.45, 2.75) is 38.6 Å². The maximum Gasteiger partial charge on any atom is 0.266 e. The fourth-order valence-corrected chi connectivity index (χ4v) is 3.34. The maximum atomic E-state index is 12.4. The zero-order valence-electron chi connectivity index (χ0n) is 9.99. The van der Waals surface area contributed by atoms with Crippen LogP contribution in [0, 0.1) is 6.92 Å². The molecule has 3 nitrogen and oxygen atoms in total. The molecule has 1 aromatic heterocycles. The fourth-order valence-electron chi connectivity index (χ4n) is 2.33. The highest BCUT2D eigenvalue weighted by Gasteiger charge is 2.28. The second kappa shape index (κ2) is 5.83. The van der Waals surface area contributed by atoms with Crippen molar-refractivity contribution >= 4 is 28.8 Å². The zero-order valence-corrected chi connectivity index (χ0v) is 11.6. The van der Waals surface area contributed by atoms with Crippen LogP contribution in [0.1, 0.15) is 41.0 Å². The van der Waals surface area contributed by atoms with Gasteiger partial charge in [0.25, 0.3) is 5.91 Å². The Morgan fingerprint density at radius 2 is 2.47 bits per heavy atom. The second-order valence-corrected chi connectivity index (χ2v) is 5.63. The molecule has 1 atom stereocenters. The van der Waals surface area contributed by atoms with E-state index in [0.717, 1.165) is 36.4 Å². The molecule has 1 aliphatic heterocycles. The predicted molar refractivity (Wildman–Crippen MR) is 70.9 cm³/mol. The number of halogens is 1. The molecule has 0 aromatic carbocycles. The summed E-state index contributed by atoms with van der Waals surface area (Å²) >= 11 is 7.25. The first-order valence-electron chi connectivity index (χ1n) is 6.01. The van der Waals surface area contributed by atoms with E-state index in [2.05, 4.69) is 4.98 Å². The van der Waals surface area contributed by atoms with Crippen LogP contribution < -0.4 is 0 Å². The van der Waals surface area contributed by atoms with Crippen molar-refractivity contribution in [3.8, 4) is 0 Å². The lowest BCUT2D eigenvalue weighted by Gasteiger charge is -2.35. The van der Waals surface area contributed by atoms with Crippen LogP contribution in [0.15, 0.2) is 5.51 Å². The Balaban J connectivity index is 2.14. The number of carbonyl (C=O) groups is 1. The molecule has 0 N–H and O–H groups in total. The van der Waals surface area contributed by atoms with Gasteiger partial charge in [-0.25, -0.2) is 4.98 Å². The Morgan fingerprint density at radius 1 is 1.65 bits per heavy atom. The Bertz CT molecular complexity index is 392. The summed E-state index contributed by atoms with van der Waals surface area (Å²) in [5, 5.41) is 0. The Labute approximate surface area is 111 Å². The van der Waals surface area contributed by atoms with Gasteiger partial charge in [0.2, 0.25) is 0 Å². The van der Waals surface area contributed by atoms with Crippen molar-refractivity contribution in [3.05, 3.63) is 16.1 Å². The molecule has 1 saturated heterocycles. The van der Waals surface area contributed by atoms with Gasteiger partial charge < -0.3 is 4.90 Å². The van der Waals surface area contributed by atoms with Gasteiger partial charge in [0, 0.05) is 18.5 Å². The van der Waals surface area contributed by atoms with Gasteiger partial charge in [-0.3, -0.25) is 4.79 Å². The van der Waals surface area contributed by atoms with E-state index < -0.39 is 0 Å². The summed E-state index contributed by atoms with van der Waals surface area (Å²) in [6, 6.07) is 0.315. The minimum atomic E-state index is 0.139. The largest absolute Gasteiger partial charge is 0.335 e. The molecule has 0 saturated carbocycles. The lowest BCUT2D eigenvalue weighted by atomic mass is 9.99. The molecular weight excluding hydrogens is 256 g/mol. The van der Waals surface area contributed by atoms with Gasteiger partial charge in [-0.1, -0.05) is 0 Å². The topological polar surface area (TPSA) is 33.2 Å². The van der Waals surface area contributed by atoms with E-state index in [-0.39, 0.29) is 5.91 Å². The summed E-state index contributed by atoms with van der Waals surface area (Å²) in [7, 11) is 0.